The predicted octanol–water partition coefficient (Wildman–Crippen LogP) is 2.70. The van der Waals surface area contributed by atoms with Crippen LogP contribution in [0, 0.1) is 12.7 Å². The van der Waals surface area contributed by atoms with Crippen LogP contribution in [0.25, 0.3) is 0 Å². The van der Waals surface area contributed by atoms with Gasteiger partial charge in [0, 0.05) is 6.07 Å². The van der Waals surface area contributed by atoms with Crippen LogP contribution in [0.1, 0.15) is 11.3 Å². The van der Waals surface area contributed by atoms with Crippen molar-refractivity contribution < 1.29 is 13.7 Å². The van der Waals surface area contributed by atoms with E-state index in [-0.39, 0.29) is 18.2 Å². The monoisotopic (exact) mass is 207 g/mol. The Morgan fingerprint density at radius 2 is 2.27 bits per heavy atom. The Labute approximate surface area is 86.5 Å². The average molecular weight is 207 g/mol. The second-order valence-electron chi connectivity index (χ2n) is 3.15. The van der Waals surface area contributed by atoms with Crippen LogP contribution < -0.4 is 4.74 Å². The third-order valence-electron chi connectivity index (χ3n) is 2.02. The van der Waals surface area contributed by atoms with Gasteiger partial charge in [0.25, 0.3) is 0 Å². The minimum absolute atomic E-state index is 0.181. The zero-order valence-corrected chi connectivity index (χ0v) is 8.24. The van der Waals surface area contributed by atoms with Gasteiger partial charge in [-0.05, 0) is 18.6 Å². The largest absolute Gasteiger partial charge is 0.482 e. The molecule has 1 aromatic heterocycles. The van der Waals surface area contributed by atoms with Gasteiger partial charge in [-0.25, -0.2) is 4.39 Å². The molecule has 0 bridgehead atoms. The molecular formula is C11H10FNO2. The average Bonchev–Trinajstić information content (AvgIpc) is 2.73. The number of rotatable bonds is 3. The summed E-state index contributed by atoms with van der Waals surface area (Å²) < 4.78 is 23.5. The number of benzene rings is 1. The maximum atomic E-state index is 13.5. The van der Waals surface area contributed by atoms with E-state index in [2.05, 4.69) is 5.16 Å². The maximum absolute atomic E-state index is 13.5. The topological polar surface area (TPSA) is 35.3 Å². The molecular weight excluding hydrogens is 197 g/mol. The van der Waals surface area contributed by atoms with E-state index in [1.54, 1.807) is 31.2 Å². The van der Waals surface area contributed by atoms with Gasteiger partial charge >= 0.3 is 0 Å². The summed E-state index contributed by atoms with van der Waals surface area (Å²) in [4.78, 5) is 0. The number of aromatic nitrogens is 1. The standard InChI is InChI=1S/C11H10FNO2/c1-8-3-2-4-10(11(8)12)14-7-9-5-6-13-15-9/h2-6H,7H2,1H3. The molecule has 0 aliphatic heterocycles. The Morgan fingerprint density at radius 3 is 3.00 bits per heavy atom. The van der Waals surface area contributed by atoms with Crippen LogP contribution >= 0.6 is 0 Å². The summed E-state index contributed by atoms with van der Waals surface area (Å²) in [5.74, 6) is 0.458. The minimum atomic E-state index is -0.336. The first-order valence-corrected chi connectivity index (χ1v) is 4.55. The molecule has 4 heteroatoms. The van der Waals surface area contributed by atoms with E-state index in [0.29, 0.717) is 11.3 Å². The lowest BCUT2D eigenvalue weighted by molar-refractivity contribution is 0.240. The molecule has 2 rings (SSSR count). The normalized spacial score (nSPS) is 10.3. The van der Waals surface area contributed by atoms with E-state index < -0.39 is 0 Å². The molecule has 0 spiro atoms. The molecule has 78 valence electrons. The molecule has 2 aromatic rings. The lowest BCUT2D eigenvalue weighted by atomic mass is 10.2. The lowest BCUT2D eigenvalue weighted by Gasteiger charge is -2.06. The zero-order valence-electron chi connectivity index (χ0n) is 8.24. The summed E-state index contributed by atoms with van der Waals surface area (Å²) in [6.07, 6.45) is 1.52. The molecule has 0 aliphatic carbocycles. The van der Waals surface area contributed by atoms with Crippen LogP contribution in [0.2, 0.25) is 0 Å². The van der Waals surface area contributed by atoms with Crippen molar-refractivity contribution in [1.29, 1.82) is 0 Å². The third-order valence-corrected chi connectivity index (χ3v) is 2.02. The van der Waals surface area contributed by atoms with Crippen molar-refractivity contribution in [2.24, 2.45) is 0 Å². The fraction of sp³-hybridized carbons (Fsp3) is 0.182. The van der Waals surface area contributed by atoms with Crippen molar-refractivity contribution in [3.05, 3.63) is 47.6 Å². The molecule has 0 fully saturated rings. The number of halogens is 1. The van der Waals surface area contributed by atoms with Crippen LogP contribution in [0.4, 0.5) is 4.39 Å². The van der Waals surface area contributed by atoms with Crippen LogP contribution in [0.3, 0.4) is 0 Å². The zero-order chi connectivity index (χ0) is 10.7. The molecule has 1 aromatic carbocycles. The quantitative estimate of drug-likeness (QED) is 0.776. The number of nitrogens with zero attached hydrogens (tertiary/aromatic N) is 1. The van der Waals surface area contributed by atoms with Crippen molar-refractivity contribution >= 4 is 0 Å². The van der Waals surface area contributed by atoms with Crippen LogP contribution in [-0.4, -0.2) is 5.16 Å². The predicted molar refractivity (Wildman–Crippen MR) is 52.0 cm³/mol. The highest BCUT2D eigenvalue weighted by molar-refractivity contribution is 5.30. The summed E-state index contributed by atoms with van der Waals surface area (Å²) >= 11 is 0. The third kappa shape index (κ3) is 2.15. The molecule has 0 amide bonds. The Kier molecular flexibility index (Phi) is 2.67. The van der Waals surface area contributed by atoms with E-state index in [1.165, 1.54) is 6.20 Å². The van der Waals surface area contributed by atoms with Gasteiger partial charge in [0.05, 0.1) is 6.20 Å². The van der Waals surface area contributed by atoms with E-state index in [0.717, 1.165) is 0 Å². The van der Waals surface area contributed by atoms with E-state index in [4.69, 9.17) is 9.26 Å². The van der Waals surface area contributed by atoms with Crippen molar-refractivity contribution in [3.63, 3.8) is 0 Å². The number of aryl methyl sites for hydroxylation is 1. The van der Waals surface area contributed by atoms with Crippen molar-refractivity contribution in [2.75, 3.05) is 0 Å². The van der Waals surface area contributed by atoms with Gasteiger partial charge in [0.15, 0.2) is 17.3 Å². The van der Waals surface area contributed by atoms with Gasteiger partial charge in [-0.15, -0.1) is 0 Å². The van der Waals surface area contributed by atoms with Gasteiger partial charge in [0.2, 0.25) is 0 Å². The van der Waals surface area contributed by atoms with Gasteiger partial charge in [0.1, 0.15) is 6.61 Å². The van der Waals surface area contributed by atoms with Crippen molar-refractivity contribution in [1.82, 2.24) is 5.16 Å². The Bertz CT molecular complexity index is 440. The molecule has 0 N–H and O–H groups in total. The fourth-order valence-corrected chi connectivity index (χ4v) is 1.20. The summed E-state index contributed by atoms with van der Waals surface area (Å²) in [7, 11) is 0. The highest BCUT2D eigenvalue weighted by atomic mass is 19.1. The first kappa shape index (κ1) is 9.71. The maximum Gasteiger partial charge on any atom is 0.174 e. The van der Waals surface area contributed by atoms with Gasteiger partial charge < -0.3 is 9.26 Å². The Hall–Kier alpha value is -1.84. The molecule has 0 radical (unpaired) electrons. The van der Waals surface area contributed by atoms with E-state index in [9.17, 15) is 4.39 Å². The fourth-order valence-electron chi connectivity index (χ4n) is 1.20. The molecule has 15 heavy (non-hydrogen) atoms. The molecule has 0 unspecified atom stereocenters. The smallest absolute Gasteiger partial charge is 0.174 e. The molecule has 3 nitrogen and oxygen atoms in total. The first-order valence-electron chi connectivity index (χ1n) is 4.55. The van der Waals surface area contributed by atoms with E-state index >= 15 is 0 Å². The summed E-state index contributed by atoms with van der Waals surface area (Å²) in [5.41, 5.74) is 0.560. The second kappa shape index (κ2) is 4.13. The summed E-state index contributed by atoms with van der Waals surface area (Å²) in [5, 5.41) is 3.53. The number of hydrogen-bond acceptors (Lipinski definition) is 3. The van der Waals surface area contributed by atoms with Crippen molar-refractivity contribution in [3.8, 4) is 5.75 Å². The van der Waals surface area contributed by atoms with Gasteiger partial charge in [-0.1, -0.05) is 17.3 Å². The number of ether oxygens (including phenoxy) is 1. The van der Waals surface area contributed by atoms with Gasteiger partial charge in [-0.3, -0.25) is 0 Å². The Morgan fingerprint density at radius 1 is 1.40 bits per heavy atom. The molecule has 0 aliphatic rings. The van der Waals surface area contributed by atoms with Crippen LogP contribution in [0.15, 0.2) is 35.0 Å². The summed E-state index contributed by atoms with van der Waals surface area (Å²) in [6, 6.07) is 6.69. The second-order valence-corrected chi connectivity index (χ2v) is 3.15. The SMILES string of the molecule is Cc1cccc(OCc2ccno2)c1F. The van der Waals surface area contributed by atoms with Crippen LogP contribution in [-0.2, 0) is 6.61 Å². The van der Waals surface area contributed by atoms with E-state index in [1.807, 2.05) is 0 Å². The highest BCUT2D eigenvalue weighted by Crippen LogP contribution is 2.20. The number of hydrogen-bond donors (Lipinski definition) is 0. The molecule has 0 saturated carbocycles. The molecule has 0 atom stereocenters. The van der Waals surface area contributed by atoms with Crippen molar-refractivity contribution in [2.45, 2.75) is 13.5 Å². The lowest BCUT2D eigenvalue weighted by Crippen LogP contribution is -1.97. The molecule has 0 saturated heterocycles. The van der Waals surface area contributed by atoms with Gasteiger partial charge in [-0.2, -0.15) is 0 Å². The minimum Gasteiger partial charge on any atom is -0.482 e. The summed E-state index contributed by atoms with van der Waals surface area (Å²) in [6.45, 7) is 1.87. The highest BCUT2D eigenvalue weighted by Gasteiger charge is 2.06. The Balaban J connectivity index is 2.08. The first-order chi connectivity index (χ1) is 7.27. The van der Waals surface area contributed by atoms with Crippen LogP contribution in [0.5, 0.6) is 5.75 Å². The molecule has 1 heterocycles.